The molecule has 6 unspecified atom stereocenters. The molecule has 180 valence electrons. The van der Waals surface area contributed by atoms with E-state index in [-0.39, 0.29) is 17.7 Å². The molecule has 1 heterocycles. The summed E-state index contributed by atoms with van der Waals surface area (Å²) in [5, 5.41) is 30.5. The van der Waals surface area contributed by atoms with Crippen molar-refractivity contribution in [3.05, 3.63) is 83.9 Å². The Kier molecular flexibility index (Phi) is 6.96. The van der Waals surface area contributed by atoms with Gasteiger partial charge in [-0.15, -0.1) is 0 Å². The van der Waals surface area contributed by atoms with Crippen LogP contribution < -0.4 is 0 Å². The van der Waals surface area contributed by atoms with E-state index in [4.69, 9.17) is 18.3 Å². The Hall–Kier alpha value is -3.37. The maximum Gasteiger partial charge on any atom is 0.338 e. The van der Waals surface area contributed by atoms with Crippen LogP contribution in [0, 0.1) is 0 Å². The summed E-state index contributed by atoms with van der Waals surface area (Å²) in [6, 6.07) is 13.7. The van der Waals surface area contributed by atoms with Gasteiger partial charge in [0.2, 0.25) is 6.29 Å². The molecule has 0 saturated carbocycles. The summed E-state index contributed by atoms with van der Waals surface area (Å²) >= 11 is 0. The quantitative estimate of drug-likeness (QED) is 0.222. The number of carbonyl (C=O) groups excluding carboxylic acids is 3. The van der Waals surface area contributed by atoms with Crippen molar-refractivity contribution in [2.45, 2.75) is 43.5 Å². The Labute approximate surface area is 200 Å². The molecule has 34 heavy (non-hydrogen) atoms. The third kappa shape index (κ3) is 5.57. The highest BCUT2D eigenvalue weighted by Gasteiger charge is 2.49. The summed E-state index contributed by atoms with van der Waals surface area (Å²) in [5.41, 5.74) is 0.413. The van der Waals surface area contributed by atoms with E-state index in [2.05, 4.69) is 6.58 Å². The molecule has 3 N–H and O–H groups in total. The van der Waals surface area contributed by atoms with Gasteiger partial charge in [0.15, 0.2) is 11.9 Å². The predicted molar refractivity (Wildman–Crippen MR) is 119 cm³/mol. The van der Waals surface area contributed by atoms with E-state index >= 15 is 0 Å². The van der Waals surface area contributed by atoms with Crippen LogP contribution in [0.1, 0.15) is 38.4 Å². The highest BCUT2D eigenvalue weighted by Crippen LogP contribution is 2.26. The first-order chi connectivity index (χ1) is 17.5. The summed E-state index contributed by atoms with van der Waals surface area (Å²) in [4.78, 5) is 38.1. The molecule has 0 aromatic heterocycles. The number of ketones is 1. The minimum Gasteiger partial charge on any atom is -0.459 e. The van der Waals surface area contributed by atoms with Gasteiger partial charge in [0.25, 0.3) is 0 Å². The summed E-state index contributed by atoms with van der Waals surface area (Å²) in [6.07, 6.45) is -8.51. The molecular weight excluding hydrogens is 445 g/mol. The van der Waals surface area contributed by atoms with Crippen molar-refractivity contribution in [1.29, 1.82) is 0 Å². The number of carbonyl (C=O) groups is 3. The minimum absolute atomic E-state index is 0.0698. The molecule has 1 fully saturated rings. The number of hydrogen-bond acceptors (Lipinski definition) is 9. The zero-order valence-electron chi connectivity index (χ0n) is 20.9. The molecule has 6 atom stereocenters. The van der Waals surface area contributed by atoms with Crippen LogP contribution in [0.15, 0.2) is 67.3 Å². The topological polar surface area (TPSA) is 140 Å². The highest BCUT2D eigenvalue weighted by atomic mass is 16.7. The molecule has 2 aromatic rings. The van der Waals surface area contributed by atoms with Crippen LogP contribution in [0.2, 0.25) is 0 Å². The first-order valence-electron chi connectivity index (χ1n) is 11.8. The fourth-order valence-electron chi connectivity index (χ4n) is 3.30. The Morgan fingerprint density at radius 3 is 2.44 bits per heavy atom. The van der Waals surface area contributed by atoms with Crippen molar-refractivity contribution in [3.63, 3.8) is 0 Å². The van der Waals surface area contributed by atoms with Gasteiger partial charge in [-0.05, 0) is 18.5 Å². The summed E-state index contributed by atoms with van der Waals surface area (Å²) < 4.78 is 38.7. The number of aliphatic hydroxyl groups is 3. The number of esters is 2. The predicted octanol–water partition coefficient (Wildman–Crippen LogP) is 1.10. The standard InChI is InChI=1S/C25H26O9/c1-3-12-32-24(31)22-20(28)19(27)21(29)25(33-22)34-23(30)14(2)16-10-7-11-17(13-16)18(26)15-8-5-4-6-9-15/h3-11,13-14,19-22,25,27-29H,1,12H2,2H3/i2+1D3. The van der Waals surface area contributed by atoms with E-state index in [9.17, 15) is 29.7 Å². The maximum absolute atomic E-state index is 13.1. The minimum atomic E-state index is -2.95. The van der Waals surface area contributed by atoms with Gasteiger partial charge in [-0.1, -0.05) is 61.2 Å². The highest BCUT2D eigenvalue weighted by molar-refractivity contribution is 6.09. The van der Waals surface area contributed by atoms with E-state index < -0.39 is 61.2 Å². The van der Waals surface area contributed by atoms with Crippen molar-refractivity contribution >= 4 is 17.7 Å². The van der Waals surface area contributed by atoms with Gasteiger partial charge in [0, 0.05) is 15.2 Å². The van der Waals surface area contributed by atoms with Crippen molar-refractivity contribution in [1.82, 2.24) is 0 Å². The molecular formula is C25H26O9. The molecule has 1 saturated heterocycles. The van der Waals surface area contributed by atoms with E-state index in [1.165, 1.54) is 30.3 Å². The van der Waals surface area contributed by atoms with Gasteiger partial charge in [-0.2, -0.15) is 0 Å². The van der Waals surface area contributed by atoms with Crippen molar-refractivity contribution < 1.29 is 48.0 Å². The van der Waals surface area contributed by atoms with Crippen molar-refractivity contribution in [2.75, 3.05) is 6.61 Å². The zero-order valence-corrected chi connectivity index (χ0v) is 17.9. The van der Waals surface area contributed by atoms with E-state index in [1.807, 2.05) is 0 Å². The van der Waals surface area contributed by atoms with Crippen LogP contribution in [0.3, 0.4) is 0 Å². The van der Waals surface area contributed by atoms with Gasteiger partial charge < -0.3 is 29.5 Å². The fourth-order valence-corrected chi connectivity index (χ4v) is 3.30. The second kappa shape index (κ2) is 11.2. The molecule has 9 nitrogen and oxygen atoms in total. The average molecular weight is 474 g/mol. The Morgan fingerprint density at radius 1 is 1.06 bits per heavy atom. The molecule has 0 spiro atoms. The average Bonchev–Trinajstić information content (AvgIpc) is 2.87. The number of benzene rings is 2. The summed E-state index contributed by atoms with van der Waals surface area (Å²) in [7, 11) is 0. The fraction of sp³-hybridized carbons (Fsp3) is 0.320. The van der Waals surface area contributed by atoms with Crippen LogP contribution in [0.25, 0.3) is 0 Å². The van der Waals surface area contributed by atoms with Gasteiger partial charge in [-0.3, -0.25) is 9.59 Å². The molecule has 0 aliphatic carbocycles. The first-order valence-corrected chi connectivity index (χ1v) is 10.3. The van der Waals surface area contributed by atoms with E-state index in [0.717, 1.165) is 0 Å². The van der Waals surface area contributed by atoms with Crippen LogP contribution in [-0.2, 0) is 23.8 Å². The number of rotatable bonds is 8. The first kappa shape index (κ1) is 21.2. The SMILES string of the molecule is [2H][13C]([2H])([2H])C(C(=O)OC1OC(C(=O)OCC=C)C(O)C(O)C1O)c1cccc(C(=O)c2ccccc2)c1. The lowest BCUT2D eigenvalue weighted by atomic mass is 9.97. The molecule has 0 bridgehead atoms. The molecule has 0 amide bonds. The van der Waals surface area contributed by atoms with Crippen molar-refractivity contribution in [2.24, 2.45) is 0 Å². The summed E-state index contributed by atoms with van der Waals surface area (Å²) in [6.45, 7) is 0.175. The van der Waals surface area contributed by atoms with Crippen LogP contribution >= 0.6 is 0 Å². The van der Waals surface area contributed by atoms with Crippen LogP contribution in [-0.4, -0.2) is 70.4 Å². The summed E-state index contributed by atoms with van der Waals surface area (Å²) in [5.74, 6) is -4.82. The Morgan fingerprint density at radius 2 is 1.76 bits per heavy atom. The van der Waals surface area contributed by atoms with Gasteiger partial charge in [-0.25, -0.2) is 4.79 Å². The molecule has 3 rings (SSSR count). The lowest BCUT2D eigenvalue weighted by molar-refractivity contribution is -0.287. The lowest BCUT2D eigenvalue weighted by Gasteiger charge is -2.38. The Balaban J connectivity index is 1.86. The third-order valence-electron chi connectivity index (χ3n) is 5.13. The third-order valence-corrected chi connectivity index (χ3v) is 5.13. The smallest absolute Gasteiger partial charge is 0.338 e. The number of hydrogen-bond donors (Lipinski definition) is 3. The number of ether oxygens (including phenoxy) is 3. The second-order valence-electron chi connectivity index (χ2n) is 7.51. The van der Waals surface area contributed by atoms with Gasteiger partial charge >= 0.3 is 11.9 Å². The molecule has 9 heteroatoms. The largest absolute Gasteiger partial charge is 0.459 e. The molecule has 2 aromatic carbocycles. The van der Waals surface area contributed by atoms with E-state index in [0.29, 0.717) is 5.56 Å². The zero-order chi connectivity index (χ0) is 27.3. The second-order valence-corrected chi connectivity index (χ2v) is 7.51. The van der Waals surface area contributed by atoms with Gasteiger partial charge in [0.05, 0.1) is 5.92 Å². The molecule has 1 aliphatic heterocycles. The molecule has 1 aliphatic rings. The van der Waals surface area contributed by atoms with Crippen molar-refractivity contribution in [3.8, 4) is 0 Å². The van der Waals surface area contributed by atoms with Gasteiger partial charge in [0.1, 0.15) is 24.9 Å². The monoisotopic (exact) mass is 474 g/mol. The van der Waals surface area contributed by atoms with E-state index in [1.54, 1.807) is 30.3 Å². The maximum atomic E-state index is 13.1. The Bertz CT molecular complexity index is 1140. The van der Waals surface area contributed by atoms with Crippen LogP contribution in [0.5, 0.6) is 0 Å². The molecule has 0 radical (unpaired) electrons. The lowest BCUT2D eigenvalue weighted by Crippen LogP contribution is -2.61. The van der Waals surface area contributed by atoms with Crippen LogP contribution in [0.4, 0.5) is 0 Å². The normalized spacial score (nSPS) is 26.8. The number of aliphatic hydroxyl groups excluding tert-OH is 3.